The van der Waals surface area contributed by atoms with Crippen molar-refractivity contribution in [1.82, 2.24) is 4.90 Å². The molecular formula is C20H21F3N2O4S. The zero-order valence-corrected chi connectivity index (χ0v) is 17.1. The van der Waals surface area contributed by atoms with Gasteiger partial charge in [-0.3, -0.25) is 9.52 Å². The van der Waals surface area contributed by atoms with Crippen LogP contribution in [-0.2, 0) is 20.9 Å². The average Bonchev–Trinajstić information content (AvgIpc) is 2.66. The Morgan fingerprint density at radius 3 is 2.23 bits per heavy atom. The van der Waals surface area contributed by atoms with E-state index in [1.54, 1.807) is 4.90 Å². The number of ether oxygens (including phenoxy) is 1. The number of benzene rings is 2. The van der Waals surface area contributed by atoms with Crippen LogP contribution in [0.1, 0.15) is 29.8 Å². The fraction of sp³-hybridized carbons (Fsp3) is 0.350. The predicted octanol–water partition coefficient (Wildman–Crippen LogP) is 3.76. The third-order valence-corrected chi connectivity index (χ3v) is 5.96. The summed E-state index contributed by atoms with van der Waals surface area (Å²) in [5.74, 6) is -0.244. The Bertz CT molecular complexity index is 1010. The minimum atomic E-state index is -4.59. The molecule has 2 aromatic carbocycles. The van der Waals surface area contributed by atoms with Crippen molar-refractivity contribution in [3.8, 4) is 0 Å². The van der Waals surface area contributed by atoms with Crippen molar-refractivity contribution in [1.29, 1.82) is 0 Å². The lowest BCUT2D eigenvalue weighted by atomic mass is 10.1. The Hall–Kier alpha value is -2.59. The van der Waals surface area contributed by atoms with Crippen LogP contribution in [0.25, 0.3) is 0 Å². The second kappa shape index (κ2) is 8.27. The first-order valence-electron chi connectivity index (χ1n) is 9.20. The molecule has 1 aliphatic heterocycles. The topological polar surface area (TPSA) is 75.7 Å². The molecule has 1 fully saturated rings. The first-order chi connectivity index (χ1) is 14.0. The molecule has 1 amide bonds. The smallest absolute Gasteiger partial charge is 0.372 e. The van der Waals surface area contributed by atoms with E-state index in [0.29, 0.717) is 18.7 Å². The molecule has 0 spiro atoms. The highest BCUT2D eigenvalue weighted by Gasteiger charge is 2.31. The number of morpholine rings is 1. The molecule has 1 saturated heterocycles. The predicted molar refractivity (Wildman–Crippen MR) is 105 cm³/mol. The van der Waals surface area contributed by atoms with Crippen molar-refractivity contribution in [2.24, 2.45) is 0 Å². The zero-order valence-electron chi connectivity index (χ0n) is 16.3. The molecule has 10 heteroatoms. The Labute approximate surface area is 172 Å². The van der Waals surface area contributed by atoms with Gasteiger partial charge in [-0.25, -0.2) is 8.42 Å². The van der Waals surface area contributed by atoms with Crippen molar-refractivity contribution in [3.05, 3.63) is 59.7 Å². The highest BCUT2D eigenvalue weighted by Crippen LogP contribution is 2.31. The van der Waals surface area contributed by atoms with E-state index < -0.39 is 21.8 Å². The van der Waals surface area contributed by atoms with E-state index in [2.05, 4.69) is 4.72 Å². The molecule has 2 aromatic rings. The standard InChI is InChI=1S/C20H21F3N2O4S/c1-13-11-25(12-14(2)29-13)19(26)15-6-8-18(9-7-15)30(27,28)24-17-5-3-4-16(10-17)20(21,22)23/h3-10,13-14,24H,11-12H2,1-2H3. The van der Waals surface area contributed by atoms with Gasteiger partial charge in [0.05, 0.1) is 22.7 Å². The molecule has 30 heavy (non-hydrogen) atoms. The minimum Gasteiger partial charge on any atom is -0.372 e. The molecule has 0 aliphatic carbocycles. The monoisotopic (exact) mass is 442 g/mol. The lowest BCUT2D eigenvalue weighted by Crippen LogP contribution is -2.48. The van der Waals surface area contributed by atoms with Crippen LogP contribution in [-0.4, -0.2) is 44.5 Å². The van der Waals surface area contributed by atoms with Crippen LogP contribution < -0.4 is 4.72 Å². The van der Waals surface area contributed by atoms with Gasteiger partial charge in [-0.15, -0.1) is 0 Å². The lowest BCUT2D eigenvalue weighted by Gasteiger charge is -2.35. The zero-order chi connectivity index (χ0) is 22.1. The van der Waals surface area contributed by atoms with Crippen LogP contribution in [0, 0.1) is 0 Å². The number of hydrogen-bond donors (Lipinski definition) is 1. The number of halogens is 3. The van der Waals surface area contributed by atoms with Crippen molar-refractivity contribution in [2.45, 2.75) is 37.1 Å². The van der Waals surface area contributed by atoms with E-state index >= 15 is 0 Å². The summed E-state index contributed by atoms with van der Waals surface area (Å²) in [6.45, 7) is 4.59. The van der Waals surface area contributed by atoms with Gasteiger partial charge in [0.25, 0.3) is 15.9 Å². The number of carbonyl (C=O) groups excluding carboxylic acids is 1. The van der Waals surface area contributed by atoms with Gasteiger partial charge in [-0.1, -0.05) is 6.07 Å². The summed E-state index contributed by atoms with van der Waals surface area (Å²) in [7, 11) is -4.12. The Morgan fingerprint density at radius 2 is 1.67 bits per heavy atom. The molecule has 0 aromatic heterocycles. The van der Waals surface area contributed by atoms with Crippen LogP contribution >= 0.6 is 0 Å². The molecule has 0 radical (unpaired) electrons. The summed E-state index contributed by atoms with van der Waals surface area (Å²) >= 11 is 0. The van der Waals surface area contributed by atoms with E-state index in [9.17, 15) is 26.4 Å². The van der Waals surface area contributed by atoms with E-state index in [4.69, 9.17) is 4.74 Å². The lowest BCUT2D eigenvalue weighted by molar-refractivity contribution is -0.137. The molecular weight excluding hydrogens is 421 g/mol. The molecule has 1 N–H and O–H groups in total. The summed E-state index contributed by atoms with van der Waals surface area (Å²) in [5.41, 5.74) is -0.854. The number of rotatable bonds is 4. The second-order valence-electron chi connectivity index (χ2n) is 7.18. The quantitative estimate of drug-likeness (QED) is 0.783. The first-order valence-corrected chi connectivity index (χ1v) is 10.7. The van der Waals surface area contributed by atoms with Crippen LogP contribution in [0.3, 0.4) is 0 Å². The van der Waals surface area contributed by atoms with Gasteiger partial charge in [0.2, 0.25) is 0 Å². The summed E-state index contributed by atoms with van der Waals surface area (Å²) in [5, 5.41) is 0. The largest absolute Gasteiger partial charge is 0.416 e. The molecule has 1 aliphatic rings. The van der Waals surface area contributed by atoms with E-state index in [-0.39, 0.29) is 28.7 Å². The molecule has 6 nitrogen and oxygen atoms in total. The SMILES string of the molecule is CC1CN(C(=O)c2ccc(S(=O)(=O)Nc3cccc(C(F)(F)F)c3)cc2)CC(C)O1. The van der Waals surface area contributed by atoms with Crippen LogP contribution in [0.15, 0.2) is 53.4 Å². The van der Waals surface area contributed by atoms with Gasteiger partial charge >= 0.3 is 6.18 Å². The Morgan fingerprint density at radius 1 is 1.07 bits per heavy atom. The van der Waals surface area contributed by atoms with Crippen molar-refractivity contribution in [2.75, 3.05) is 17.8 Å². The van der Waals surface area contributed by atoms with E-state index in [0.717, 1.165) is 18.2 Å². The van der Waals surface area contributed by atoms with Gasteiger partial charge < -0.3 is 9.64 Å². The number of sulfonamides is 1. The van der Waals surface area contributed by atoms with Gasteiger partial charge in [0.1, 0.15) is 0 Å². The fourth-order valence-corrected chi connectivity index (χ4v) is 4.33. The number of nitrogens with one attached hydrogen (secondary N) is 1. The molecule has 2 unspecified atom stereocenters. The maximum atomic E-state index is 12.8. The highest BCUT2D eigenvalue weighted by molar-refractivity contribution is 7.92. The van der Waals surface area contributed by atoms with Crippen LogP contribution in [0.4, 0.5) is 18.9 Å². The van der Waals surface area contributed by atoms with Gasteiger partial charge in [0, 0.05) is 24.3 Å². The van der Waals surface area contributed by atoms with Gasteiger partial charge in [-0.2, -0.15) is 13.2 Å². The number of carbonyl (C=O) groups is 1. The van der Waals surface area contributed by atoms with Crippen molar-refractivity contribution >= 4 is 21.6 Å². The third kappa shape index (κ3) is 5.11. The Kier molecular flexibility index (Phi) is 6.09. The molecule has 0 bridgehead atoms. The van der Waals surface area contributed by atoms with E-state index in [1.165, 1.54) is 30.3 Å². The van der Waals surface area contributed by atoms with Crippen LogP contribution in [0.2, 0.25) is 0 Å². The number of hydrogen-bond acceptors (Lipinski definition) is 4. The third-order valence-electron chi connectivity index (χ3n) is 4.56. The summed E-state index contributed by atoms with van der Waals surface area (Å²) < 4.78 is 71.3. The molecule has 1 heterocycles. The Balaban J connectivity index is 1.76. The van der Waals surface area contributed by atoms with Crippen molar-refractivity contribution < 1.29 is 31.1 Å². The summed E-state index contributed by atoms with van der Waals surface area (Å²) in [6, 6.07) is 9.18. The number of anilines is 1. The maximum absolute atomic E-state index is 12.8. The number of alkyl halides is 3. The minimum absolute atomic E-state index is 0.103. The van der Waals surface area contributed by atoms with Gasteiger partial charge in [0.15, 0.2) is 0 Å². The maximum Gasteiger partial charge on any atom is 0.416 e. The number of amides is 1. The molecule has 2 atom stereocenters. The first kappa shape index (κ1) is 22.1. The molecule has 162 valence electrons. The average molecular weight is 442 g/mol. The summed E-state index contributed by atoms with van der Waals surface area (Å²) in [6.07, 6.45) is -4.79. The normalized spacial score (nSPS) is 20.1. The number of nitrogens with zero attached hydrogens (tertiary/aromatic N) is 1. The van der Waals surface area contributed by atoms with Crippen LogP contribution in [0.5, 0.6) is 0 Å². The van der Waals surface area contributed by atoms with Crippen molar-refractivity contribution in [3.63, 3.8) is 0 Å². The second-order valence-corrected chi connectivity index (χ2v) is 8.86. The summed E-state index contributed by atoms with van der Waals surface area (Å²) in [4.78, 5) is 14.1. The van der Waals surface area contributed by atoms with E-state index in [1.807, 2.05) is 13.8 Å². The van der Waals surface area contributed by atoms with Gasteiger partial charge in [-0.05, 0) is 56.3 Å². The highest BCUT2D eigenvalue weighted by atomic mass is 32.2. The fourth-order valence-electron chi connectivity index (χ4n) is 3.28. The molecule has 0 saturated carbocycles. The molecule has 3 rings (SSSR count).